The van der Waals surface area contributed by atoms with Crippen LogP contribution in [0, 0.1) is 11.7 Å². The van der Waals surface area contributed by atoms with E-state index in [0.29, 0.717) is 24.6 Å². The molecule has 2 unspecified atom stereocenters. The van der Waals surface area contributed by atoms with Crippen molar-refractivity contribution in [3.63, 3.8) is 0 Å². The van der Waals surface area contributed by atoms with Crippen molar-refractivity contribution < 1.29 is 13.9 Å². The van der Waals surface area contributed by atoms with Crippen molar-refractivity contribution in [3.05, 3.63) is 24.0 Å². The van der Waals surface area contributed by atoms with Gasteiger partial charge in [0, 0.05) is 19.2 Å². The number of nitrogens with zero attached hydrogens (tertiary/aromatic N) is 2. The number of hydrogen-bond donors (Lipinski definition) is 1. The van der Waals surface area contributed by atoms with Crippen LogP contribution in [0.4, 0.5) is 10.3 Å². The second-order valence-corrected chi connectivity index (χ2v) is 5.36. The van der Waals surface area contributed by atoms with E-state index in [1.807, 2.05) is 18.4 Å². The Bertz CT molecular complexity index is 683. The van der Waals surface area contributed by atoms with Crippen LogP contribution in [-0.2, 0) is 16.1 Å². The van der Waals surface area contributed by atoms with Crippen LogP contribution in [0.1, 0.15) is 20.3 Å². The number of amides is 1. The molecule has 3 rings (SSSR count). The fourth-order valence-corrected chi connectivity index (χ4v) is 2.73. The maximum absolute atomic E-state index is 13.3. The highest BCUT2D eigenvalue weighted by Gasteiger charge is 2.31. The van der Waals surface area contributed by atoms with Gasteiger partial charge in [-0.3, -0.25) is 10.1 Å². The molecule has 2 heterocycles. The normalized spacial score (nSPS) is 21.9. The molecule has 0 radical (unpaired) electrons. The molecule has 1 N–H and O–H groups in total. The van der Waals surface area contributed by atoms with Gasteiger partial charge in [-0.2, -0.15) is 0 Å². The van der Waals surface area contributed by atoms with Gasteiger partial charge < -0.3 is 9.30 Å². The molecule has 0 aliphatic carbocycles. The number of aryl methyl sites for hydroxylation is 1. The van der Waals surface area contributed by atoms with E-state index >= 15 is 0 Å². The van der Waals surface area contributed by atoms with E-state index < -0.39 is 6.10 Å². The van der Waals surface area contributed by atoms with E-state index in [1.165, 1.54) is 12.1 Å². The van der Waals surface area contributed by atoms with Gasteiger partial charge in [-0.15, -0.1) is 0 Å². The number of halogens is 1. The van der Waals surface area contributed by atoms with Crippen molar-refractivity contribution in [1.82, 2.24) is 9.55 Å². The predicted octanol–water partition coefficient (Wildman–Crippen LogP) is 2.56. The van der Waals surface area contributed by atoms with Gasteiger partial charge in [0.25, 0.3) is 5.91 Å². The van der Waals surface area contributed by atoms with Crippen molar-refractivity contribution >= 4 is 22.9 Å². The summed E-state index contributed by atoms with van der Waals surface area (Å²) in [6.45, 7) is 5.19. The average Bonchev–Trinajstić information content (AvgIpc) is 3.01. The van der Waals surface area contributed by atoms with Crippen molar-refractivity contribution in [3.8, 4) is 0 Å². The summed E-state index contributed by atoms with van der Waals surface area (Å²) in [6, 6.07) is 4.43. The van der Waals surface area contributed by atoms with Gasteiger partial charge in [-0.25, -0.2) is 9.37 Å². The van der Waals surface area contributed by atoms with Gasteiger partial charge in [0.15, 0.2) is 0 Å². The van der Waals surface area contributed by atoms with Gasteiger partial charge in [-0.05, 0) is 31.4 Å². The second kappa shape index (κ2) is 5.44. The molecule has 2 aromatic rings. The predicted molar refractivity (Wildman–Crippen MR) is 77.5 cm³/mol. The third-order valence-electron chi connectivity index (χ3n) is 3.91. The van der Waals surface area contributed by atoms with Crippen molar-refractivity contribution in [2.75, 3.05) is 11.9 Å². The van der Waals surface area contributed by atoms with Crippen LogP contribution in [0.25, 0.3) is 11.0 Å². The van der Waals surface area contributed by atoms with Gasteiger partial charge in [0.1, 0.15) is 11.9 Å². The van der Waals surface area contributed by atoms with Crippen LogP contribution < -0.4 is 5.32 Å². The summed E-state index contributed by atoms with van der Waals surface area (Å²) < 4.78 is 20.6. The Labute approximate surface area is 122 Å². The minimum atomic E-state index is -0.438. The highest BCUT2D eigenvalue weighted by atomic mass is 19.1. The molecule has 1 aromatic heterocycles. The number of ether oxygens (including phenoxy) is 1. The molecule has 1 saturated heterocycles. The van der Waals surface area contributed by atoms with Gasteiger partial charge in [0.2, 0.25) is 5.95 Å². The highest BCUT2D eigenvalue weighted by Crippen LogP contribution is 2.24. The van der Waals surface area contributed by atoms with Crippen molar-refractivity contribution in [1.29, 1.82) is 0 Å². The van der Waals surface area contributed by atoms with E-state index in [4.69, 9.17) is 4.74 Å². The summed E-state index contributed by atoms with van der Waals surface area (Å²) >= 11 is 0. The first kappa shape index (κ1) is 14.0. The lowest BCUT2D eigenvalue weighted by molar-refractivity contribution is -0.126. The van der Waals surface area contributed by atoms with Crippen LogP contribution in [-0.4, -0.2) is 28.2 Å². The molecule has 1 aromatic carbocycles. The summed E-state index contributed by atoms with van der Waals surface area (Å²) in [5, 5.41) is 2.81. The number of hydrogen-bond acceptors (Lipinski definition) is 3. The molecular formula is C15H18FN3O2. The molecule has 5 nitrogen and oxygen atoms in total. The minimum Gasteiger partial charge on any atom is -0.368 e. The number of anilines is 1. The SMILES string of the molecule is CCn1c(NC(=O)C2OCCC2C)nc2cc(F)ccc21. The molecule has 21 heavy (non-hydrogen) atoms. The molecule has 1 aliphatic rings. The molecule has 0 spiro atoms. The van der Waals surface area contributed by atoms with E-state index in [2.05, 4.69) is 10.3 Å². The fraction of sp³-hybridized carbons (Fsp3) is 0.467. The Balaban J connectivity index is 1.91. The third kappa shape index (κ3) is 2.51. The Morgan fingerprint density at radius 2 is 2.38 bits per heavy atom. The maximum Gasteiger partial charge on any atom is 0.256 e. The smallest absolute Gasteiger partial charge is 0.256 e. The van der Waals surface area contributed by atoms with E-state index in [1.54, 1.807) is 6.07 Å². The molecule has 2 atom stereocenters. The average molecular weight is 291 g/mol. The number of rotatable bonds is 3. The Morgan fingerprint density at radius 3 is 3.05 bits per heavy atom. The standard InChI is InChI=1S/C15H18FN3O2/c1-3-19-12-5-4-10(16)8-11(12)17-15(19)18-14(20)13-9(2)6-7-21-13/h4-5,8-9,13H,3,6-7H2,1-2H3,(H,17,18,20). The molecular weight excluding hydrogens is 273 g/mol. The molecule has 112 valence electrons. The lowest BCUT2D eigenvalue weighted by atomic mass is 10.0. The van der Waals surface area contributed by atoms with E-state index in [9.17, 15) is 9.18 Å². The second-order valence-electron chi connectivity index (χ2n) is 5.36. The molecule has 1 fully saturated rings. The summed E-state index contributed by atoms with van der Waals surface area (Å²) in [6.07, 6.45) is 0.444. The Morgan fingerprint density at radius 1 is 1.57 bits per heavy atom. The topological polar surface area (TPSA) is 56.2 Å². The fourth-order valence-electron chi connectivity index (χ4n) is 2.73. The van der Waals surface area contributed by atoms with Gasteiger partial charge in [-0.1, -0.05) is 6.92 Å². The number of nitrogens with one attached hydrogen (secondary N) is 1. The first-order valence-corrected chi connectivity index (χ1v) is 7.18. The monoisotopic (exact) mass is 291 g/mol. The minimum absolute atomic E-state index is 0.189. The summed E-state index contributed by atoms with van der Waals surface area (Å²) in [5.41, 5.74) is 1.34. The van der Waals surface area contributed by atoms with Crippen LogP contribution in [0.5, 0.6) is 0 Å². The molecule has 0 bridgehead atoms. The van der Waals surface area contributed by atoms with Gasteiger partial charge >= 0.3 is 0 Å². The van der Waals surface area contributed by atoms with E-state index in [0.717, 1.165) is 11.9 Å². The number of carbonyl (C=O) groups is 1. The highest BCUT2D eigenvalue weighted by molar-refractivity contribution is 5.94. The first-order chi connectivity index (χ1) is 10.1. The number of aromatic nitrogens is 2. The quantitative estimate of drug-likeness (QED) is 0.945. The van der Waals surface area contributed by atoms with Gasteiger partial charge in [0.05, 0.1) is 11.0 Å². The zero-order valence-corrected chi connectivity index (χ0v) is 12.1. The molecule has 6 heteroatoms. The largest absolute Gasteiger partial charge is 0.368 e. The zero-order valence-electron chi connectivity index (χ0n) is 12.1. The number of carbonyl (C=O) groups excluding carboxylic acids is 1. The van der Waals surface area contributed by atoms with Crippen LogP contribution >= 0.6 is 0 Å². The van der Waals surface area contributed by atoms with Crippen LogP contribution in [0.2, 0.25) is 0 Å². The van der Waals surface area contributed by atoms with Crippen LogP contribution in [0.3, 0.4) is 0 Å². The maximum atomic E-state index is 13.3. The van der Waals surface area contributed by atoms with Crippen LogP contribution in [0.15, 0.2) is 18.2 Å². The van der Waals surface area contributed by atoms with E-state index in [-0.39, 0.29) is 17.6 Å². The molecule has 1 amide bonds. The molecule has 1 aliphatic heterocycles. The number of fused-ring (bicyclic) bond motifs is 1. The summed E-state index contributed by atoms with van der Waals surface area (Å²) in [4.78, 5) is 16.6. The third-order valence-corrected chi connectivity index (χ3v) is 3.91. The van der Waals surface area contributed by atoms with Crippen molar-refractivity contribution in [2.24, 2.45) is 5.92 Å². The summed E-state index contributed by atoms with van der Waals surface area (Å²) in [7, 11) is 0. The Kier molecular flexibility index (Phi) is 3.63. The zero-order chi connectivity index (χ0) is 15.0. The number of imidazole rings is 1. The first-order valence-electron chi connectivity index (χ1n) is 7.18. The summed E-state index contributed by atoms with van der Waals surface area (Å²) in [5.74, 6) is 0.104. The van der Waals surface area contributed by atoms with Crippen molar-refractivity contribution in [2.45, 2.75) is 32.9 Å². The Hall–Kier alpha value is -1.95. The number of benzene rings is 1. The molecule has 0 saturated carbocycles. The lowest BCUT2D eigenvalue weighted by Crippen LogP contribution is -2.32. The lowest BCUT2D eigenvalue weighted by Gasteiger charge is -2.14.